The van der Waals surface area contributed by atoms with E-state index in [1.165, 1.54) is 0 Å². The van der Waals surface area contributed by atoms with Crippen LogP contribution in [0.2, 0.25) is 0 Å². The molecule has 1 aliphatic rings. The van der Waals surface area contributed by atoms with Gasteiger partial charge in [-0.2, -0.15) is 5.12 Å². The molecule has 0 aromatic carbocycles. The largest absolute Gasteiger partial charge is 0.274 e. The molecule has 4 rings (SSSR count). The Morgan fingerprint density at radius 2 is 1.36 bits per heavy atom. The van der Waals surface area contributed by atoms with E-state index in [1.807, 2.05) is 60.7 Å². The van der Waals surface area contributed by atoms with Crippen molar-refractivity contribution < 1.29 is 17.1 Å². The molecule has 0 amide bonds. The molecule has 0 fully saturated rings. The van der Waals surface area contributed by atoms with Crippen molar-refractivity contribution in [1.82, 2.24) is 20.4 Å². The fraction of sp³-hybridized carbons (Fsp3) is 0. The van der Waals surface area contributed by atoms with Crippen LogP contribution in [0.5, 0.6) is 0 Å². The van der Waals surface area contributed by atoms with Crippen LogP contribution < -0.4 is 10.5 Å². The first-order chi connectivity index (χ1) is 11.9. The second-order valence-electron chi connectivity index (χ2n) is 5.08. The summed E-state index contributed by atoms with van der Waals surface area (Å²) in [5, 5.41) is 6.24. The predicted molar refractivity (Wildman–Crippen MR) is 92.8 cm³/mol. The first-order valence-corrected chi connectivity index (χ1v) is 7.51. The number of hydrazine groups is 1. The average molecular weight is 369 g/mol. The van der Waals surface area contributed by atoms with Gasteiger partial charge in [0.05, 0.1) is 17.1 Å². The van der Waals surface area contributed by atoms with Gasteiger partial charge in [-0.05, 0) is 42.5 Å². The zero-order chi connectivity index (χ0) is 16.2. The van der Waals surface area contributed by atoms with Crippen molar-refractivity contribution in [2.75, 3.05) is 5.12 Å². The molecule has 0 unspecified atom stereocenters. The summed E-state index contributed by atoms with van der Waals surface area (Å²) in [6, 6.07) is 17.2. The van der Waals surface area contributed by atoms with Crippen LogP contribution in [0.1, 0.15) is 11.4 Å². The quantitative estimate of drug-likeness (QED) is 0.719. The van der Waals surface area contributed by atoms with Crippen molar-refractivity contribution >= 4 is 17.2 Å². The van der Waals surface area contributed by atoms with Gasteiger partial charge in [0, 0.05) is 35.7 Å². The molecule has 0 spiro atoms. The summed E-state index contributed by atoms with van der Waals surface area (Å²) < 4.78 is 0. The summed E-state index contributed by atoms with van der Waals surface area (Å²) in [5.41, 5.74) is 6.41. The van der Waals surface area contributed by atoms with E-state index in [1.54, 1.807) is 23.7 Å². The van der Waals surface area contributed by atoms with Crippen LogP contribution in [0.4, 0.5) is 5.82 Å². The van der Waals surface area contributed by atoms with E-state index in [0.29, 0.717) is 5.82 Å². The molecule has 6 nitrogen and oxygen atoms in total. The fourth-order valence-electron chi connectivity index (χ4n) is 2.32. The van der Waals surface area contributed by atoms with Gasteiger partial charge < -0.3 is 0 Å². The Bertz CT molecular complexity index is 881. The van der Waals surface area contributed by atoms with E-state index < -0.39 is 0 Å². The minimum Gasteiger partial charge on any atom is -0.274 e. The summed E-state index contributed by atoms with van der Waals surface area (Å²) in [7, 11) is 0. The number of nitrogens with zero attached hydrogens (tertiary/aromatic N) is 5. The maximum absolute atomic E-state index is 4.61. The molecule has 0 aliphatic carbocycles. The van der Waals surface area contributed by atoms with Crippen LogP contribution in [0, 0.1) is 0 Å². The zero-order valence-electron chi connectivity index (χ0n) is 13.1. The van der Waals surface area contributed by atoms with Crippen LogP contribution in [0.15, 0.2) is 84.4 Å². The molecule has 0 bridgehead atoms. The number of rotatable bonds is 3. The fourth-order valence-corrected chi connectivity index (χ4v) is 2.32. The van der Waals surface area contributed by atoms with E-state index in [2.05, 4.69) is 25.5 Å². The van der Waals surface area contributed by atoms with Gasteiger partial charge in [-0.3, -0.25) is 15.4 Å². The van der Waals surface area contributed by atoms with E-state index >= 15 is 0 Å². The maximum atomic E-state index is 4.61. The van der Waals surface area contributed by atoms with Gasteiger partial charge in [0.1, 0.15) is 5.71 Å². The monoisotopic (exact) mass is 369 g/mol. The molecular formula is C18H14MnN6. The molecule has 3 aromatic rings. The van der Waals surface area contributed by atoms with E-state index in [9.17, 15) is 0 Å². The minimum atomic E-state index is 0. The number of anilines is 1. The third-order valence-electron chi connectivity index (χ3n) is 3.45. The molecule has 0 atom stereocenters. The average Bonchev–Trinajstić information content (AvgIpc) is 2.70. The summed E-state index contributed by atoms with van der Waals surface area (Å²) in [6.07, 6.45) is 7.17. The van der Waals surface area contributed by atoms with Gasteiger partial charge >= 0.3 is 0 Å². The molecule has 0 saturated heterocycles. The van der Waals surface area contributed by atoms with Crippen molar-refractivity contribution in [3.05, 3.63) is 90.7 Å². The molecule has 0 saturated carbocycles. The van der Waals surface area contributed by atoms with E-state index in [4.69, 9.17) is 0 Å². The van der Waals surface area contributed by atoms with Crippen molar-refractivity contribution in [1.29, 1.82) is 0 Å². The predicted octanol–water partition coefficient (Wildman–Crippen LogP) is 2.64. The molecule has 3 aromatic heterocycles. The van der Waals surface area contributed by atoms with Gasteiger partial charge in [-0.25, -0.2) is 4.98 Å². The standard InChI is InChI=1S/C18H14N6.Mn/c1-4-10-19-14(7-1)16-13-17(15-8-2-5-11-20-15)23-24(22-16)18-9-3-6-12-21-18;/h1-13,22H;. The van der Waals surface area contributed by atoms with Crippen LogP contribution in [-0.4, -0.2) is 20.7 Å². The minimum absolute atomic E-state index is 0. The third kappa shape index (κ3) is 3.74. The second kappa shape index (κ2) is 7.70. The van der Waals surface area contributed by atoms with Crippen LogP contribution in [0.25, 0.3) is 5.70 Å². The van der Waals surface area contributed by atoms with Crippen LogP contribution >= 0.6 is 0 Å². The topological polar surface area (TPSA) is 66.3 Å². The van der Waals surface area contributed by atoms with E-state index in [-0.39, 0.29) is 17.1 Å². The Balaban J connectivity index is 0.00000182. The molecule has 123 valence electrons. The summed E-state index contributed by atoms with van der Waals surface area (Å²) in [4.78, 5) is 13.1. The number of hydrazone groups is 1. The molecular weight excluding hydrogens is 355 g/mol. The Morgan fingerprint density at radius 1 is 0.720 bits per heavy atom. The Kier molecular flexibility index (Phi) is 5.18. The molecule has 1 radical (unpaired) electrons. The first kappa shape index (κ1) is 16.8. The Hall–Kier alpha value is -3.02. The van der Waals surface area contributed by atoms with Gasteiger partial charge in [0.25, 0.3) is 0 Å². The molecule has 4 heterocycles. The Labute approximate surface area is 155 Å². The number of allylic oxidation sites excluding steroid dienone is 1. The SMILES string of the molecule is C1=C(c2ccccn2)NN(c2ccccn2)N=C1c1ccccn1.[Mn]. The van der Waals surface area contributed by atoms with Gasteiger partial charge in [-0.1, -0.05) is 18.2 Å². The molecule has 1 aliphatic heterocycles. The van der Waals surface area contributed by atoms with Gasteiger partial charge in [-0.15, -0.1) is 5.10 Å². The molecule has 25 heavy (non-hydrogen) atoms. The van der Waals surface area contributed by atoms with Crippen molar-refractivity contribution in [3.8, 4) is 0 Å². The number of hydrogen-bond donors (Lipinski definition) is 1. The normalized spacial score (nSPS) is 13.2. The molecule has 7 heteroatoms. The number of hydrogen-bond acceptors (Lipinski definition) is 6. The van der Waals surface area contributed by atoms with Crippen molar-refractivity contribution in [2.24, 2.45) is 5.10 Å². The summed E-state index contributed by atoms with van der Waals surface area (Å²) >= 11 is 0. The van der Waals surface area contributed by atoms with Crippen LogP contribution in [0.3, 0.4) is 0 Å². The third-order valence-corrected chi connectivity index (χ3v) is 3.45. The van der Waals surface area contributed by atoms with Gasteiger partial charge in [0.2, 0.25) is 0 Å². The second-order valence-corrected chi connectivity index (χ2v) is 5.08. The summed E-state index contributed by atoms with van der Waals surface area (Å²) in [6.45, 7) is 0. The van der Waals surface area contributed by atoms with Crippen molar-refractivity contribution in [3.63, 3.8) is 0 Å². The van der Waals surface area contributed by atoms with E-state index in [0.717, 1.165) is 22.8 Å². The smallest absolute Gasteiger partial charge is 0.172 e. The number of nitrogens with one attached hydrogen (secondary N) is 1. The number of pyridine rings is 3. The maximum Gasteiger partial charge on any atom is 0.172 e. The van der Waals surface area contributed by atoms with Gasteiger partial charge in [0.15, 0.2) is 5.82 Å². The number of aromatic nitrogens is 3. The summed E-state index contributed by atoms with van der Waals surface area (Å²) in [5.74, 6) is 0.687. The molecule has 1 N–H and O–H groups in total. The Morgan fingerprint density at radius 3 is 1.96 bits per heavy atom. The van der Waals surface area contributed by atoms with Crippen molar-refractivity contribution in [2.45, 2.75) is 0 Å². The zero-order valence-corrected chi connectivity index (χ0v) is 14.3. The first-order valence-electron chi connectivity index (χ1n) is 7.51. The van der Waals surface area contributed by atoms with Crippen LogP contribution in [-0.2, 0) is 17.1 Å².